The summed E-state index contributed by atoms with van der Waals surface area (Å²) >= 11 is 0. The molecule has 0 saturated heterocycles. The molecule has 100 valence electrons. The number of hydrogen-bond donors (Lipinski definition) is 0. The standard InChI is InChI=1S/C14H14O5/c1-4-17-12(15)7-10-5-8(2)18-11-6-9(3)19-14(16)13(10)11/h5-7H,4H2,1-3H3/b10-7+. The van der Waals surface area contributed by atoms with Crippen LogP contribution in [-0.2, 0) is 9.53 Å². The molecule has 19 heavy (non-hydrogen) atoms. The molecule has 0 aromatic carbocycles. The summed E-state index contributed by atoms with van der Waals surface area (Å²) in [6, 6.07) is 1.62. The summed E-state index contributed by atoms with van der Waals surface area (Å²) in [5, 5.41) is 0. The Morgan fingerprint density at radius 2 is 2.16 bits per heavy atom. The number of allylic oxidation sites excluding steroid dienone is 3. The highest BCUT2D eigenvalue weighted by Gasteiger charge is 2.21. The fourth-order valence-electron chi connectivity index (χ4n) is 1.84. The first-order valence-electron chi connectivity index (χ1n) is 5.91. The van der Waals surface area contributed by atoms with Gasteiger partial charge in [-0.05, 0) is 26.8 Å². The summed E-state index contributed by atoms with van der Waals surface area (Å²) in [6.45, 7) is 5.39. The van der Waals surface area contributed by atoms with Gasteiger partial charge in [0.05, 0.1) is 6.61 Å². The van der Waals surface area contributed by atoms with Crippen molar-refractivity contribution in [3.05, 3.63) is 45.7 Å². The van der Waals surface area contributed by atoms with E-state index in [4.69, 9.17) is 13.9 Å². The van der Waals surface area contributed by atoms with E-state index in [1.165, 1.54) is 6.08 Å². The van der Waals surface area contributed by atoms with E-state index >= 15 is 0 Å². The minimum Gasteiger partial charge on any atom is -0.463 e. The third kappa shape index (κ3) is 2.76. The molecule has 1 aromatic rings. The van der Waals surface area contributed by atoms with Gasteiger partial charge in [0, 0.05) is 17.7 Å². The monoisotopic (exact) mass is 262 g/mol. The van der Waals surface area contributed by atoms with Crippen molar-refractivity contribution >= 4 is 11.5 Å². The number of carbonyl (C=O) groups excluding carboxylic acids is 1. The molecule has 0 atom stereocenters. The molecule has 0 amide bonds. The van der Waals surface area contributed by atoms with Gasteiger partial charge < -0.3 is 13.9 Å². The second-order valence-electron chi connectivity index (χ2n) is 4.09. The van der Waals surface area contributed by atoms with E-state index < -0.39 is 11.6 Å². The van der Waals surface area contributed by atoms with E-state index in [0.717, 1.165) is 0 Å². The summed E-state index contributed by atoms with van der Waals surface area (Å²) in [5.41, 5.74) is 0.143. The zero-order valence-electron chi connectivity index (χ0n) is 11.0. The Morgan fingerprint density at radius 3 is 2.84 bits per heavy atom. The van der Waals surface area contributed by atoms with Crippen LogP contribution in [0.15, 0.2) is 33.2 Å². The first kappa shape index (κ1) is 13.1. The van der Waals surface area contributed by atoms with Crippen LogP contribution in [-0.4, -0.2) is 12.6 Å². The van der Waals surface area contributed by atoms with E-state index in [2.05, 4.69) is 0 Å². The number of carbonyl (C=O) groups is 1. The maximum absolute atomic E-state index is 11.9. The van der Waals surface area contributed by atoms with Crippen molar-refractivity contribution in [1.82, 2.24) is 0 Å². The number of rotatable bonds is 2. The zero-order chi connectivity index (χ0) is 14.0. The Morgan fingerprint density at radius 1 is 1.42 bits per heavy atom. The average molecular weight is 262 g/mol. The molecular formula is C14H14O5. The van der Waals surface area contributed by atoms with Gasteiger partial charge in [-0.1, -0.05) is 0 Å². The Balaban J connectivity index is 2.55. The molecular weight excluding hydrogens is 248 g/mol. The quantitative estimate of drug-likeness (QED) is 0.603. The minimum absolute atomic E-state index is 0.240. The molecule has 0 unspecified atom stereocenters. The summed E-state index contributed by atoms with van der Waals surface area (Å²) in [5.74, 6) is 0.931. The number of fused-ring (bicyclic) bond motifs is 1. The first-order valence-corrected chi connectivity index (χ1v) is 5.91. The maximum atomic E-state index is 11.9. The van der Waals surface area contributed by atoms with Crippen LogP contribution in [0, 0.1) is 6.92 Å². The van der Waals surface area contributed by atoms with Crippen molar-refractivity contribution < 1.29 is 18.7 Å². The second kappa shape index (κ2) is 5.14. The van der Waals surface area contributed by atoms with Gasteiger partial charge in [0.15, 0.2) is 0 Å². The van der Waals surface area contributed by atoms with E-state index in [1.54, 1.807) is 32.9 Å². The molecule has 0 N–H and O–H groups in total. The lowest BCUT2D eigenvalue weighted by atomic mass is 10.0. The highest BCUT2D eigenvalue weighted by atomic mass is 16.5. The summed E-state index contributed by atoms with van der Waals surface area (Å²) in [7, 11) is 0. The SMILES string of the molecule is CCOC(=O)/C=C1\C=C(C)Oc2cc(C)oc(=O)c21. The zero-order valence-corrected chi connectivity index (χ0v) is 11.0. The van der Waals surface area contributed by atoms with E-state index in [0.29, 0.717) is 22.8 Å². The van der Waals surface area contributed by atoms with Crippen LogP contribution in [0.1, 0.15) is 25.2 Å². The lowest BCUT2D eigenvalue weighted by Gasteiger charge is -2.16. The van der Waals surface area contributed by atoms with Crippen molar-refractivity contribution in [2.75, 3.05) is 6.61 Å². The van der Waals surface area contributed by atoms with Crippen LogP contribution >= 0.6 is 0 Å². The highest BCUT2D eigenvalue weighted by Crippen LogP contribution is 2.31. The first-order chi connectivity index (χ1) is 9.01. The molecule has 1 aliphatic rings. The van der Waals surface area contributed by atoms with Crippen LogP contribution in [0.4, 0.5) is 0 Å². The lowest BCUT2D eigenvalue weighted by molar-refractivity contribution is -0.137. The molecule has 2 rings (SSSR count). The van der Waals surface area contributed by atoms with Gasteiger partial charge in [-0.15, -0.1) is 0 Å². The minimum atomic E-state index is -0.533. The van der Waals surface area contributed by atoms with E-state index in [1.807, 2.05) is 0 Å². The van der Waals surface area contributed by atoms with E-state index in [-0.39, 0.29) is 12.2 Å². The van der Waals surface area contributed by atoms with Crippen LogP contribution in [0.25, 0.3) is 5.57 Å². The van der Waals surface area contributed by atoms with E-state index in [9.17, 15) is 9.59 Å². The fraction of sp³-hybridized carbons (Fsp3) is 0.286. The number of ether oxygens (including phenoxy) is 2. The smallest absolute Gasteiger partial charge is 0.347 e. The highest BCUT2D eigenvalue weighted by molar-refractivity contribution is 5.95. The number of hydrogen-bond acceptors (Lipinski definition) is 5. The van der Waals surface area contributed by atoms with Gasteiger partial charge in [0.2, 0.25) is 0 Å². The lowest BCUT2D eigenvalue weighted by Crippen LogP contribution is -2.14. The van der Waals surface area contributed by atoms with Crippen LogP contribution in [0.3, 0.4) is 0 Å². The number of aryl methyl sites for hydroxylation is 1. The molecule has 2 heterocycles. The third-order valence-electron chi connectivity index (χ3n) is 2.52. The Hall–Kier alpha value is -2.30. The molecule has 0 saturated carbocycles. The van der Waals surface area contributed by atoms with Crippen molar-refractivity contribution in [2.24, 2.45) is 0 Å². The van der Waals surface area contributed by atoms with Crippen LogP contribution in [0.5, 0.6) is 5.75 Å². The molecule has 0 bridgehead atoms. The molecule has 1 aliphatic heterocycles. The van der Waals surface area contributed by atoms with Crippen molar-refractivity contribution in [2.45, 2.75) is 20.8 Å². The predicted molar refractivity (Wildman–Crippen MR) is 68.7 cm³/mol. The molecule has 5 nitrogen and oxygen atoms in total. The molecule has 0 radical (unpaired) electrons. The predicted octanol–water partition coefficient (Wildman–Crippen LogP) is 2.19. The fourth-order valence-corrected chi connectivity index (χ4v) is 1.84. The van der Waals surface area contributed by atoms with Crippen LogP contribution < -0.4 is 10.4 Å². The van der Waals surface area contributed by atoms with Crippen molar-refractivity contribution in [3.8, 4) is 5.75 Å². The normalized spacial score (nSPS) is 15.5. The summed E-state index contributed by atoms with van der Waals surface area (Å²) < 4.78 is 15.3. The summed E-state index contributed by atoms with van der Waals surface area (Å²) in [6.07, 6.45) is 2.87. The topological polar surface area (TPSA) is 65.7 Å². The largest absolute Gasteiger partial charge is 0.463 e. The molecule has 0 spiro atoms. The molecule has 0 aliphatic carbocycles. The average Bonchev–Trinajstić information content (AvgIpc) is 2.26. The Kier molecular flexibility index (Phi) is 3.55. The number of esters is 1. The second-order valence-corrected chi connectivity index (χ2v) is 4.09. The molecule has 5 heteroatoms. The van der Waals surface area contributed by atoms with Gasteiger partial charge in [-0.2, -0.15) is 0 Å². The molecule has 1 aromatic heterocycles. The Labute approximate surface area is 110 Å². The van der Waals surface area contributed by atoms with Crippen LogP contribution in [0.2, 0.25) is 0 Å². The maximum Gasteiger partial charge on any atom is 0.347 e. The Bertz CT molecular complexity index is 634. The third-order valence-corrected chi connectivity index (χ3v) is 2.52. The van der Waals surface area contributed by atoms with Gasteiger partial charge in [0.1, 0.15) is 22.8 Å². The van der Waals surface area contributed by atoms with Gasteiger partial charge >= 0.3 is 11.6 Å². The van der Waals surface area contributed by atoms with Crippen molar-refractivity contribution in [3.63, 3.8) is 0 Å². The van der Waals surface area contributed by atoms with Crippen molar-refractivity contribution in [1.29, 1.82) is 0 Å². The summed E-state index contributed by atoms with van der Waals surface area (Å²) in [4.78, 5) is 23.4. The molecule has 0 fully saturated rings. The van der Waals surface area contributed by atoms with Gasteiger partial charge in [0.25, 0.3) is 0 Å². The van der Waals surface area contributed by atoms with Gasteiger partial charge in [-0.25, -0.2) is 9.59 Å². The van der Waals surface area contributed by atoms with Gasteiger partial charge in [-0.3, -0.25) is 0 Å².